The summed E-state index contributed by atoms with van der Waals surface area (Å²) in [5, 5.41) is 12.7. The van der Waals surface area contributed by atoms with Crippen LogP contribution in [0.3, 0.4) is 0 Å². The summed E-state index contributed by atoms with van der Waals surface area (Å²) in [7, 11) is 0. The van der Waals surface area contributed by atoms with Crippen molar-refractivity contribution in [3.8, 4) is 0 Å². The number of carbonyl (C=O) groups excluding carboxylic acids is 1. The van der Waals surface area contributed by atoms with Crippen molar-refractivity contribution in [2.24, 2.45) is 16.3 Å². The van der Waals surface area contributed by atoms with Crippen LogP contribution < -0.4 is 5.73 Å². The molecule has 0 bridgehead atoms. The number of oxime groups is 1. The van der Waals surface area contributed by atoms with E-state index >= 15 is 0 Å². The fraction of sp³-hybridized carbons (Fsp3) is 0.429. The van der Waals surface area contributed by atoms with Crippen LogP contribution in [0.15, 0.2) is 23.4 Å². The molecule has 0 saturated carbocycles. The zero-order valence-corrected chi connectivity index (χ0v) is 13.2. The van der Waals surface area contributed by atoms with Gasteiger partial charge >= 0.3 is 0 Å². The van der Waals surface area contributed by atoms with Crippen LogP contribution >= 0.6 is 23.2 Å². The van der Waals surface area contributed by atoms with E-state index in [1.54, 1.807) is 23.1 Å². The fourth-order valence-corrected chi connectivity index (χ4v) is 2.69. The topological polar surface area (TPSA) is 78.9 Å². The highest BCUT2D eigenvalue weighted by molar-refractivity contribution is 6.42. The monoisotopic (exact) mass is 329 g/mol. The SMILES string of the molecule is CC1(/C(N)=N/O)CCN(C(=O)c2ccc(Cl)c(Cl)c2)CC1. The van der Waals surface area contributed by atoms with E-state index < -0.39 is 0 Å². The van der Waals surface area contributed by atoms with Crippen LogP contribution in [0.25, 0.3) is 0 Å². The first-order valence-electron chi connectivity index (χ1n) is 6.60. The van der Waals surface area contributed by atoms with Gasteiger partial charge in [-0.2, -0.15) is 0 Å². The lowest BCUT2D eigenvalue weighted by molar-refractivity contribution is 0.0666. The number of amides is 1. The first-order valence-corrected chi connectivity index (χ1v) is 7.35. The normalized spacial score (nSPS) is 18.6. The summed E-state index contributed by atoms with van der Waals surface area (Å²) in [6.07, 6.45) is 1.30. The number of hydrogen-bond donors (Lipinski definition) is 2. The number of halogens is 2. The van der Waals surface area contributed by atoms with Gasteiger partial charge in [0.05, 0.1) is 10.0 Å². The summed E-state index contributed by atoms with van der Waals surface area (Å²) in [6, 6.07) is 4.85. The molecule has 0 unspecified atom stereocenters. The van der Waals surface area contributed by atoms with Crippen molar-refractivity contribution in [1.82, 2.24) is 4.90 Å². The number of nitrogens with two attached hydrogens (primary N) is 1. The van der Waals surface area contributed by atoms with Crippen LogP contribution in [0.1, 0.15) is 30.1 Å². The molecule has 1 amide bonds. The number of nitrogens with zero attached hydrogens (tertiary/aromatic N) is 2. The molecular weight excluding hydrogens is 313 g/mol. The number of hydrogen-bond acceptors (Lipinski definition) is 3. The smallest absolute Gasteiger partial charge is 0.253 e. The Hall–Kier alpha value is -1.46. The zero-order chi connectivity index (χ0) is 15.6. The highest BCUT2D eigenvalue weighted by atomic mass is 35.5. The minimum Gasteiger partial charge on any atom is -0.409 e. The number of rotatable bonds is 2. The average Bonchev–Trinajstić information content (AvgIpc) is 2.49. The maximum Gasteiger partial charge on any atom is 0.253 e. The van der Waals surface area contributed by atoms with Gasteiger partial charge in [0.2, 0.25) is 0 Å². The molecule has 0 radical (unpaired) electrons. The van der Waals surface area contributed by atoms with Gasteiger partial charge in [-0.1, -0.05) is 35.3 Å². The van der Waals surface area contributed by atoms with Gasteiger partial charge in [-0.05, 0) is 31.0 Å². The van der Waals surface area contributed by atoms with Gasteiger partial charge in [-0.25, -0.2) is 0 Å². The molecule has 21 heavy (non-hydrogen) atoms. The second-order valence-electron chi connectivity index (χ2n) is 5.47. The minimum atomic E-state index is -0.372. The van der Waals surface area contributed by atoms with Crippen molar-refractivity contribution in [2.45, 2.75) is 19.8 Å². The van der Waals surface area contributed by atoms with Crippen LogP contribution in [-0.2, 0) is 0 Å². The van der Waals surface area contributed by atoms with E-state index in [9.17, 15) is 4.79 Å². The summed E-state index contributed by atoms with van der Waals surface area (Å²) in [6.45, 7) is 3.03. The van der Waals surface area contributed by atoms with E-state index in [-0.39, 0.29) is 17.2 Å². The molecule has 1 aliphatic heterocycles. The summed E-state index contributed by atoms with van der Waals surface area (Å²) in [4.78, 5) is 14.2. The number of likely N-dealkylation sites (tertiary alicyclic amines) is 1. The van der Waals surface area contributed by atoms with Crippen molar-refractivity contribution >= 4 is 34.9 Å². The molecule has 1 aromatic rings. The second-order valence-corrected chi connectivity index (χ2v) is 6.28. The van der Waals surface area contributed by atoms with E-state index in [2.05, 4.69) is 5.16 Å². The fourth-order valence-electron chi connectivity index (χ4n) is 2.39. The number of amidine groups is 1. The van der Waals surface area contributed by atoms with Crippen LogP contribution in [0.2, 0.25) is 10.0 Å². The summed E-state index contributed by atoms with van der Waals surface area (Å²) < 4.78 is 0. The minimum absolute atomic E-state index is 0.0878. The van der Waals surface area contributed by atoms with Crippen molar-refractivity contribution in [3.05, 3.63) is 33.8 Å². The summed E-state index contributed by atoms with van der Waals surface area (Å²) in [5.74, 6) is 0.124. The van der Waals surface area contributed by atoms with Crippen molar-refractivity contribution in [2.75, 3.05) is 13.1 Å². The van der Waals surface area contributed by atoms with Gasteiger partial charge in [0.1, 0.15) is 5.84 Å². The first kappa shape index (κ1) is 15.9. The van der Waals surface area contributed by atoms with Crippen LogP contribution in [0.4, 0.5) is 0 Å². The van der Waals surface area contributed by atoms with Crippen molar-refractivity contribution in [3.63, 3.8) is 0 Å². The Balaban J connectivity index is 2.08. The van der Waals surface area contributed by atoms with E-state index in [4.69, 9.17) is 34.1 Å². The molecule has 7 heteroatoms. The highest BCUT2D eigenvalue weighted by Crippen LogP contribution is 2.32. The molecule has 0 aromatic heterocycles. The molecule has 2 rings (SSSR count). The summed E-state index contributed by atoms with van der Waals surface area (Å²) >= 11 is 11.8. The quantitative estimate of drug-likeness (QED) is 0.379. The average molecular weight is 330 g/mol. The third-order valence-corrected chi connectivity index (χ3v) is 4.79. The predicted octanol–water partition coefficient (Wildman–Crippen LogP) is 2.98. The van der Waals surface area contributed by atoms with Gasteiger partial charge in [-0.15, -0.1) is 0 Å². The number of benzene rings is 1. The van der Waals surface area contributed by atoms with Gasteiger partial charge in [0.15, 0.2) is 0 Å². The van der Waals surface area contributed by atoms with Crippen molar-refractivity contribution < 1.29 is 10.0 Å². The maximum atomic E-state index is 12.4. The lowest BCUT2D eigenvalue weighted by atomic mass is 9.79. The molecule has 1 aliphatic rings. The van der Waals surface area contributed by atoms with E-state index in [1.165, 1.54) is 0 Å². The Morgan fingerprint density at radius 3 is 2.48 bits per heavy atom. The summed E-state index contributed by atoms with van der Waals surface area (Å²) in [5.41, 5.74) is 5.85. The molecule has 1 saturated heterocycles. The van der Waals surface area contributed by atoms with Crippen LogP contribution in [0.5, 0.6) is 0 Å². The van der Waals surface area contributed by atoms with Crippen molar-refractivity contribution in [1.29, 1.82) is 0 Å². The Bertz CT molecular complexity index is 582. The number of carbonyl (C=O) groups is 1. The Morgan fingerprint density at radius 2 is 1.95 bits per heavy atom. The zero-order valence-electron chi connectivity index (χ0n) is 11.6. The van der Waals surface area contributed by atoms with E-state index in [0.29, 0.717) is 41.5 Å². The van der Waals surface area contributed by atoms with E-state index in [1.807, 2.05) is 6.92 Å². The van der Waals surface area contributed by atoms with Crippen LogP contribution in [-0.4, -0.2) is 34.9 Å². The molecule has 0 atom stereocenters. The molecule has 114 valence electrons. The molecule has 1 fully saturated rings. The molecule has 1 heterocycles. The standard InChI is InChI=1S/C14H17Cl2N3O2/c1-14(13(17)18-21)4-6-19(7-5-14)12(20)9-2-3-10(15)11(16)8-9/h2-3,8,21H,4-7H2,1H3,(H2,17,18). The highest BCUT2D eigenvalue weighted by Gasteiger charge is 2.35. The Labute approximate surface area is 133 Å². The largest absolute Gasteiger partial charge is 0.409 e. The third kappa shape index (κ3) is 3.24. The maximum absolute atomic E-state index is 12.4. The van der Waals surface area contributed by atoms with Gasteiger partial charge < -0.3 is 15.8 Å². The third-order valence-electron chi connectivity index (χ3n) is 4.05. The second kappa shape index (κ2) is 6.12. The lowest BCUT2D eigenvalue weighted by Crippen LogP contribution is -2.47. The molecule has 0 spiro atoms. The molecule has 3 N–H and O–H groups in total. The Kier molecular flexibility index (Phi) is 4.64. The molecular formula is C14H17Cl2N3O2. The lowest BCUT2D eigenvalue weighted by Gasteiger charge is -2.38. The number of piperidine rings is 1. The molecule has 0 aliphatic carbocycles. The van der Waals surface area contributed by atoms with Gasteiger partial charge in [-0.3, -0.25) is 4.79 Å². The van der Waals surface area contributed by atoms with Crippen LogP contribution in [0, 0.1) is 5.41 Å². The first-order chi connectivity index (χ1) is 9.87. The molecule has 1 aromatic carbocycles. The Morgan fingerprint density at radius 1 is 1.33 bits per heavy atom. The van der Waals surface area contributed by atoms with E-state index in [0.717, 1.165) is 0 Å². The predicted molar refractivity (Wildman–Crippen MR) is 83.1 cm³/mol. The van der Waals surface area contributed by atoms with Gasteiger partial charge in [0.25, 0.3) is 5.91 Å². The molecule has 5 nitrogen and oxygen atoms in total. The van der Waals surface area contributed by atoms with Gasteiger partial charge in [0, 0.05) is 24.1 Å².